The van der Waals surface area contributed by atoms with Gasteiger partial charge in [0.05, 0.1) is 0 Å². The lowest BCUT2D eigenvalue weighted by molar-refractivity contribution is -0.126. The van der Waals surface area contributed by atoms with Crippen molar-refractivity contribution >= 4 is 11.6 Å². The fourth-order valence-electron chi connectivity index (χ4n) is 2.22. The molecule has 1 aromatic rings. The molecule has 0 spiro atoms. The molecule has 2 atom stereocenters. The Morgan fingerprint density at radius 2 is 2.22 bits per heavy atom. The molecule has 4 heteroatoms. The summed E-state index contributed by atoms with van der Waals surface area (Å²) in [6, 6.07) is 7.82. The summed E-state index contributed by atoms with van der Waals surface area (Å²) < 4.78 is 5.47. The molecular formula is C14H20N2O2. The van der Waals surface area contributed by atoms with Crippen LogP contribution in [0.3, 0.4) is 0 Å². The highest BCUT2D eigenvalue weighted by molar-refractivity contribution is 5.95. The van der Waals surface area contributed by atoms with E-state index in [-0.39, 0.29) is 12.0 Å². The molecule has 4 nitrogen and oxygen atoms in total. The van der Waals surface area contributed by atoms with Gasteiger partial charge in [0.2, 0.25) is 0 Å². The number of ether oxygens (including phenoxy) is 1. The number of benzene rings is 1. The summed E-state index contributed by atoms with van der Waals surface area (Å²) in [5, 5.41) is 6.06. The third-order valence-corrected chi connectivity index (χ3v) is 3.29. The van der Waals surface area contributed by atoms with Gasteiger partial charge in [0.15, 0.2) is 0 Å². The van der Waals surface area contributed by atoms with Crippen molar-refractivity contribution in [2.45, 2.75) is 26.0 Å². The standard InChI is InChI=1S/C14H20N2O2/c1-10-7-8-18-13(10)14(17)16-12-6-4-3-5-11(12)9-15-2/h3-6,10,13,15H,7-9H2,1-2H3,(H,16,17). The van der Waals surface area contributed by atoms with E-state index in [2.05, 4.69) is 17.6 Å². The molecule has 1 aliphatic rings. The number of hydrogen-bond acceptors (Lipinski definition) is 3. The van der Waals surface area contributed by atoms with Crippen molar-refractivity contribution in [2.24, 2.45) is 5.92 Å². The Hall–Kier alpha value is -1.39. The van der Waals surface area contributed by atoms with Crippen molar-refractivity contribution < 1.29 is 9.53 Å². The number of nitrogens with one attached hydrogen (secondary N) is 2. The molecule has 0 bridgehead atoms. The topological polar surface area (TPSA) is 50.4 Å². The van der Waals surface area contributed by atoms with Crippen LogP contribution in [0.15, 0.2) is 24.3 Å². The average Bonchev–Trinajstić information content (AvgIpc) is 2.78. The number of para-hydroxylation sites is 1. The van der Waals surface area contributed by atoms with Crippen LogP contribution in [0.5, 0.6) is 0 Å². The lowest BCUT2D eigenvalue weighted by Crippen LogP contribution is -2.31. The van der Waals surface area contributed by atoms with E-state index in [1.165, 1.54) is 0 Å². The smallest absolute Gasteiger partial charge is 0.253 e. The van der Waals surface area contributed by atoms with Crippen LogP contribution in [0.4, 0.5) is 5.69 Å². The van der Waals surface area contributed by atoms with E-state index in [4.69, 9.17) is 4.74 Å². The largest absolute Gasteiger partial charge is 0.368 e. The Bertz CT molecular complexity index is 420. The number of amides is 1. The van der Waals surface area contributed by atoms with Crippen molar-refractivity contribution in [3.8, 4) is 0 Å². The van der Waals surface area contributed by atoms with Crippen molar-refractivity contribution in [3.05, 3.63) is 29.8 Å². The second-order valence-electron chi connectivity index (χ2n) is 4.73. The molecule has 2 rings (SSSR count). The van der Waals surface area contributed by atoms with Crippen molar-refractivity contribution in [1.82, 2.24) is 5.32 Å². The first-order valence-electron chi connectivity index (χ1n) is 6.37. The summed E-state index contributed by atoms with van der Waals surface area (Å²) in [6.07, 6.45) is 0.642. The number of rotatable bonds is 4. The van der Waals surface area contributed by atoms with Crippen LogP contribution in [0.1, 0.15) is 18.9 Å². The predicted molar refractivity (Wildman–Crippen MR) is 71.4 cm³/mol. The monoisotopic (exact) mass is 248 g/mol. The minimum Gasteiger partial charge on any atom is -0.368 e. The van der Waals surface area contributed by atoms with Gasteiger partial charge in [-0.15, -0.1) is 0 Å². The van der Waals surface area contributed by atoms with Gasteiger partial charge in [-0.1, -0.05) is 25.1 Å². The Morgan fingerprint density at radius 1 is 1.44 bits per heavy atom. The maximum Gasteiger partial charge on any atom is 0.253 e. The normalized spacial score (nSPS) is 23.0. The minimum absolute atomic E-state index is 0.0384. The number of hydrogen-bond donors (Lipinski definition) is 2. The molecule has 0 radical (unpaired) electrons. The maximum atomic E-state index is 12.1. The van der Waals surface area contributed by atoms with Gasteiger partial charge in [-0.25, -0.2) is 0 Å². The highest BCUT2D eigenvalue weighted by Gasteiger charge is 2.31. The van der Waals surface area contributed by atoms with Crippen LogP contribution in [0, 0.1) is 5.92 Å². The van der Waals surface area contributed by atoms with Gasteiger partial charge in [0.25, 0.3) is 5.91 Å². The van der Waals surface area contributed by atoms with Gasteiger partial charge in [-0.05, 0) is 31.0 Å². The third-order valence-electron chi connectivity index (χ3n) is 3.29. The summed E-state index contributed by atoms with van der Waals surface area (Å²) in [5.74, 6) is 0.255. The predicted octanol–water partition coefficient (Wildman–Crippen LogP) is 1.77. The van der Waals surface area contributed by atoms with Gasteiger partial charge in [-0.2, -0.15) is 0 Å². The van der Waals surface area contributed by atoms with E-state index in [9.17, 15) is 4.79 Å². The van der Waals surface area contributed by atoms with Gasteiger partial charge < -0.3 is 15.4 Å². The molecule has 1 fully saturated rings. The van der Waals surface area contributed by atoms with Crippen LogP contribution in [-0.2, 0) is 16.1 Å². The van der Waals surface area contributed by atoms with Gasteiger partial charge in [-0.3, -0.25) is 4.79 Å². The highest BCUT2D eigenvalue weighted by atomic mass is 16.5. The lowest BCUT2D eigenvalue weighted by atomic mass is 10.0. The van der Waals surface area contributed by atoms with Crippen molar-refractivity contribution in [3.63, 3.8) is 0 Å². The summed E-state index contributed by atoms with van der Waals surface area (Å²) in [4.78, 5) is 12.1. The van der Waals surface area contributed by atoms with E-state index < -0.39 is 0 Å². The zero-order valence-corrected chi connectivity index (χ0v) is 10.9. The first-order chi connectivity index (χ1) is 8.72. The van der Waals surface area contributed by atoms with Crippen molar-refractivity contribution in [2.75, 3.05) is 19.0 Å². The molecule has 1 aliphatic heterocycles. The molecule has 0 aliphatic carbocycles. The molecule has 2 unspecified atom stereocenters. The first kappa shape index (κ1) is 13.1. The maximum absolute atomic E-state index is 12.1. The highest BCUT2D eigenvalue weighted by Crippen LogP contribution is 2.22. The van der Waals surface area contributed by atoms with E-state index in [0.717, 1.165) is 24.2 Å². The van der Waals surface area contributed by atoms with E-state index in [1.807, 2.05) is 31.3 Å². The Labute approximate surface area is 108 Å². The third kappa shape index (κ3) is 2.89. The Balaban J connectivity index is 2.06. The molecule has 2 N–H and O–H groups in total. The Kier molecular flexibility index (Phi) is 4.33. The number of anilines is 1. The minimum atomic E-state index is -0.312. The van der Waals surface area contributed by atoms with E-state index in [1.54, 1.807) is 0 Å². The van der Waals surface area contributed by atoms with Crippen LogP contribution in [-0.4, -0.2) is 25.7 Å². The first-order valence-corrected chi connectivity index (χ1v) is 6.37. The summed E-state index contributed by atoms with van der Waals surface area (Å²) in [7, 11) is 1.89. The quantitative estimate of drug-likeness (QED) is 0.853. The van der Waals surface area contributed by atoms with Gasteiger partial charge >= 0.3 is 0 Å². The molecule has 0 aromatic heterocycles. The molecule has 0 saturated carbocycles. The molecule has 1 saturated heterocycles. The van der Waals surface area contributed by atoms with Gasteiger partial charge in [0, 0.05) is 18.8 Å². The second-order valence-corrected chi connectivity index (χ2v) is 4.73. The zero-order valence-electron chi connectivity index (χ0n) is 10.9. The zero-order chi connectivity index (χ0) is 13.0. The molecule has 1 heterocycles. The summed E-state index contributed by atoms with van der Waals surface area (Å²) >= 11 is 0. The molecule has 1 aromatic carbocycles. The second kappa shape index (κ2) is 5.98. The lowest BCUT2D eigenvalue weighted by Gasteiger charge is -2.16. The molecule has 98 valence electrons. The Morgan fingerprint density at radius 3 is 2.89 bits per heavy atom. The van der Waals surface area contributed by atoms with Crippen molar-refractivity contribution in [1.29, 1.82) is 0 Å². The average molecular weight is 248 g/mol. The molecule has 18 heavy (non-hydrogen) atoms. The summed E-state index contributed by atoms with van der Waals surface area (Å²) in [5.41, 5.74) is 1.94. The fourth-order valence-corrected chi connectivity index (χ4v) is 2.22. The molecular weight excluding hydrogens is 228 g/mol. The van der Waals surface area contributed by atoms with Gasteiger partial charge in [0.1, 0.15) is 6.10 Å². The molecule has 1 amide bonds. The SMILES string of the molecule is CNCc1ccccc1NC(=O)C1OCCC1C. The van der Waals surface area contributed by atoms with Crippen LogP contribution in [0.2, 0.25) is 0 Å². The fraction of sp³-hybridized carbons (Fsp3) is 0.500. The van der Waals surface area contributed by atoms with Crippen LogP contribution in [0.25, 0.3) is 0 Å². The summed E-state index contributed by atoms with van der Waals surface area (Å²) in [6.45, 7) is 3.46. The van der Waals surface area contributed by atoms with E-state index in [0.29, 0.717) is 12.5 Å². The number of carbonyl (C=O) groups is 1. The van der Waals surface area contributed by atoms with E-state index >= 15 is 0 Å². The van der Waals surface area contributed by atoms with Crippen LogP contribution < -0.4 is 10.6 Å². The number of carbonyl (C=O) groups excluding carboxylic acids is 1. The van der Waals surface area contributed by atoms with Crippen LogP contribution >= 0.6 is 0 Å².